The summed E-state index contributed by atoms with van der Waals surface area (Å²) in [4.78, 5) is 23.5. The van der Waals surface area contributed by atoms with Crippen molar-refractivity contribution in [2.24, 2.45) is 0 Å². The van der Waals surface area contributed by atoms with Gasteiger partial charge in [0.25, 0.3) is 5.91 Å². The second kappa shape index (κ2) is 9.64. The van der Waals surface area contributed by atoms with Crippen molar-refractivity contribution < 1.29 is 28.5 Å². The van der Waals surface area contributed by atoms with Crippen LogP contribution in [-0.2, 0) is 20.7 Å². The Morgan fingerprint density at radius 2 is 1.67 bits per heavy atom. The molecule has 0 heterocycles. The molecule has 24 heavy (non-hydrogen) atoms. The van der Waals surface area contributed by atoms with Crippen LogP contribution in [-0.4, -0.2) is 45.9 Å². The Morgan fingerprint density at radius 3 is 2.12 bits per heavy atom. The predicted molar refractivity (Wildman–Crippen MR) is 88.7 cm³/mol. The molecule has 0 aliphatic carbocycles. The number of hydrogen-bond donors (Lipinski definition) is 1. The molecule has 1 N–H and O–H groups in total. The molecule has 7 heteroatoms. The van der Waals surface area contributed by atoms with E-state index in [4.69, 9.17) is 18.9 Å². The maximum absolute atomic E-state index is 11.9. The first-order valence-corrected chi connectivity index (χ1v) is 7.68. The maximum atomic E-state index is 11.9. The smallest absolute Gasteiger partial charge is 0.310 e. The number of carbonyl (C=O) groups is 2. The van der Waals surface area contributed by atoms with Crippen LogP contribution < -0.4 is 19.5 Å². The van der Waals surface area contributed by atoms with E-state index in [9.17, 15) is 9.59 Å². The lowest BCUT2D eigenvalue weighted by Gasteiger charge is -2.14. The topological polar surface area (TPSA) is 83.1 Å². The first-order valence-electron chi connectivity index (χ1n) is 7.68. The summed E-state index contributed by atoms with van der Waals surface area (Å²) < 4.78 is 20.7. The van der Waals surface area contributed by atoms with Crippen LogP contribution in [0.4, 0.5) is 0 Å². The lowest BCUT2D eigenvalue weighted by atomic mass is 10.1. The van der Waals surface area contributed by atoms with Crippen LogP contribution in [0.5, 0.6) is 17.2 Å². The Morgan fingerprint density at radius 1 is 1.08 bits per heavy atom. The summed E-state index contributed by atoms with van der Waals surface area (Å²) in [5, 5.41) is 2.73. The molecule has 1 aromatic carbocycles. The molecule has 0 saturated carbocycles. The van der Waals surface area contributed by atoms with Gasteiger partial charge in [-0.2, -0.15) is 0 Å². The minimum atomic E-state index is -0.511. The molecule has 1 aromatic rings. The average molecular weight is 339 g/mol. The van der Waals surface area contributed by atoms with Gasteiger partial charge in [0.15, 0.2) is 18.1 Å². The molecule has 0 saturated heterocycles. The number of benzene rings is 1. The molecular formula is C17H25NO6. The molecule has 0 radical (unpaired) electrons. The zero-order valence-electron chi connectivity index (χ0n) is 14.8. The Labute approximate surface area is 142 Å². The molecule has 0 fully saturated rings. The summed E-state index contributed by atoms with van der Waals surface area (Å²) in [6.07, 6.45) is 0.804. The largest absolute Gasteiger partial charge is 0.493 e. The van der Waals surface area contributed by atoms with Crippen molar-refractivity contribution in [1.29, 1.82) is 0 Å². The SMILES string of the molecule is CC[C@@H](C)NC(=O)COC(=O)Cc1cc(OC)c(OC)c(OC)c1. The third-order valence-electron chi connectivity index (χ3n) is 3.46. The molecular weight excluding hydrogens is 314 g/mol. The fourth-order valence-electron chi connectivity index (χ4n) is 2.02. The highest BCUT2D eigenvalue weighted by Crippen LogP contribution is 2.38. The molecule has 1 amide bonds. The zero-order valence-corrected chi connectivity index (χ0v) is 14.8. The van der Waals surface area contributed by atoms with E-state index in [1.807, 2.05) is 13.8 Å². The van der Waals surface area contributed by atoms with E-state index in [1.165, 1.54) is 21.3 Å². The minimum Gasteiger partial charge on any atom is -0.493 e. The van der Waals surface area contributed by atoms with Crippen molar-refractivity contribution in [1.82, 2.24) is 5.32 Å². The third kappa shape index (κ3) is 5.64. The van der Waals surface area contributed by atoms with Gasteiger partial charge in [-0.15, -0.1) is 0 Å². The van der Waals surface area contributed by atoms with E-state index < -0.39 is 5.97 Å². The molecule has 1 atom stereocenters. The van der Waals surface area contributed by atoms with Crippen LogP contribution in [0.15, 0.2) is 12.1 Å². The van der Waals surface area contributed by atoms with Gasteiger partial charge >= 0.3 is 5.97 Å². The van der Waals surface area contributed by atoms with Gasteiger partial charge < -0.3 is 24.3 Å². The Bertz CT molecular complexity index is 547. The van der Waals surface area contributed by atoms with Gasteiger partial charge in [0, 0.05) is 6.04 Å². The summed E-state index contributed by atoms with van der Waals surface area (Å²) in [7, 11) is 4.50. The first-order chi connectivity index (χ1) is 11.4. The fourth-order valence-corrected chi connectivity index (χ4v) is 2.02. The van der Waals surface area contributed by atoms with Gasteiger partial charge in [0.2, 0.25) is 5.75 Å². The van der Waals surface area contributed by atoms with E-state index in [0.29, 0.717) is 22.8 Å². The molecule has 0 bridgehead atoms. The average Bonchev–Trinajstić information content (AvgIpc) is 2.58. The van der Waals surface area contributed by atoms with E-state index in [-0.39, 0.29) is 25.0 Å². The molecule has 134 valence electrons. The number of amides is 1. The van der Waals surface area contributed by atoms with Crippen LogP contribution in [0, 0.1) is 0 Å². The van der Waals surface area contributed by atoms with Crippen LogP contribution in [0.1, 0.15) is 25.8 Å². The quantitative estimate of drug-likeness (QED) is 0.690. The van der Waals surface area contributed by atoms with Crippen molar-refractivity contribution >= 4 is 11.9 Å². The molecule has 0 spiro atoms. The van der Waals surface area contributed by atoms with Crippen LogP contribution in [0.25, 0.3) is 0 Å². The molecule has 0 aliphatic rings. The van der Waals surface area contributed by atoms with Gasteiger partial charge in [0.05, 0.1) is 27.8 Å². The molecule has 0 aromatic heterocycles. The lowest BCUT2D eigenvalue weighted by Crippen LogP contribution is -2.35. The summed E-state index contributed by atoms with van der Waals surface area (Å²) in [6, 6.07) is 3.38. The lowest BCUT2D eigenvalue weighted by molar-refractivity contribution is -0.148. The van der Waals surface area contributed by atoms with Crippen LogP contribution in [0.2, 0.25) is 0 Å². The van der Waals surface area contributed by atoms with Crippen molar-refractivity contribution in [2.75, 3.05) is 27.9 Å². The fraction of sp³-hybridized carbons (Fsp3) is 0.529. The number of esters is 1. The second-order valence-corrected chi connectivity index (χ2v) is 5.25. The van der Waals surface area contributed by atoms with E-state index in [1.54, 1.807) is 12.1 Å². The Balaban J connectivity index is 2.68. The van der Waals surface area contributed by atoms with Crippen molar-refractivity contribution in [3.8, 4) is 17.2 Å². The summed E-state index contributed by atoms with van der Waals surface area (Å²) >= 11 is 0. The van der Waals surface area contributed by atoms with E-state index in [0.717, 1.165) is 6.42 Å². The number of rotatable bonds is 9. The highest BCUT2D eigenvalue weighted by molar-refractivity contribution is 5.81. The van der Waals surface area contributed by atoms with Crippen molar-refractivity contribution in [3.63, 3.8) is 0 Å². The highest BCUT2D eigenvalue weighted by atomic mass is 16.5. The third-order valence-corrected chi connectivity index (χ3v) is 3.46. The number of carbonyl (C=O) groups excluding carboxylic acids is 2. The maximum Gasteiger partial charge on any atom is 0.310 e. The van der Waals surface area contributed by atoms with Gasteiger partial charge in [-0.1, -0.05) is 6.92 Å². The van der Waals surface area contributed by atoms with Crippen LogP contribution >= 0.6 is 0 Å². The minimum absolute atomic E-state index is 0.00662. The molecule has 0 unspecified atom stereocenters. The van der Waals surface area contributed by atoms with Gasteiger partial charge in [-0.05, 0) is 31.0 Å². The summed E-state index contributed by atoms with van der Waals surface area (Å²) in [5.41, 5.74) is 0.636. The van der Waals surface area contributed by atoms with Crippen molar-refractivity contribution in [3.05, 3.63) is 17.7 Å². The monoisotopic (exact) mass is 339 g/mol. The predicted octanol–water partition coefficient (Wildman–Crippen LogP) is 1.71. The number of hydrogen-bond acceptors (Lipinski definition) is 6. The zero-order chi connectivity index (χ0) is 18.1. The van der Waals surface area contributed by atoms with Gasteiger partial charge in [-0.25, -0.2) is 0 Å². The molecule has 0 aliphatic heterocycles. The van der Waals surface area contributed by atoms with Gasteiger partial charge in [0.1, 0.15) is 0 Å². The molecule has 7 nitrogen and oxygen atoms in total. The summed E-state index contributed by atoms with van der Waals surface area (Å²) in [6.45, 7) is 3.55. The number of methoxy groups -OCH3 is 3. The standard InChI is InChI=1S/C17H25NO6/c1-6-11(2)18-15(19)10-24-16(20)9-12-7-13(21-3)17(23-5)14(8-12)22-4/h7-8,11H,6,9-10H2,1-5H3,(H,18,19)/t11-/m1/s1. The highest BCUT2D eigenvalue weighted by Gasteiger charge is 2.16. The van der Waals surface area contributed by atoms with E-state index >= 15 is 0 Å². The van der Waals surface area contributed by atoms with Gasteiger partial charge in [-0.3, -0.25) is 9.59 Å². The first kappa shape index (κ1) is 19.6. The number of nitrogens with one attached hydrogen (secondary N) is 1. The number of ether oxygens (including phenoxy) is 4. The molecule has 1 rings (SSSR count). The second-order valence-electron chi connectivity index (χ2n) is 5.25. The van der Waals surface area contributed by atoms with E-state index in [2.05, 4.69) is 5.32 Å². The van der Waals surface area contributed by atoms with Crippen molar-refractivity contribution in [2.45, 2.75) is 32.7 Å². The normalized spacial score (nSPS) is 11.4. The van der Waals surface area contributed by atoms with Crippen LogP contribution in [0.3, 0.4) is 0 Å². The summed E-state index contributed by atoms with van der Waals surface area (Å²) in [5.74, 6) is 0.527. The Hall–Kier alpha value is -2.44. The Kier molecular flexibility index (Phi) is 7.88.